The van der Waals surface area contributed by atoms with Crippen molar-refractivity contribution in [1.82, 2.24) is 0 Å². The third-order valence-corrected chi connectivity index (χ3v) is 3.75. The number of hydrogen-bond acceptors (Lipinski definition) is 5. The van der Waals surface area contributed by atoms with Crippen molar-refractivity contribution in [3.05, 3.63) is 35.9 Å². The summed E-state index contributed by atoms with van der Waals surface area (Å²) in [6, 6.07) is 7.92. The molecular weight excluding hydrogens is 313 g/mol. The van der Waals surface area contributed by atoms with Crippen LogP contribution in [0.4, 0.5) is 13.2 Å². The highest BCUT2D eigenvalue weighted by atomic mass is 32.2. The van der Waals surface area contributed by atoms with Crippen LogP contribution < -0.4 is 0 Å². The van der Waals surface area contributed by atoms with E-state index in [1.165, 1.54) is 19.1 Å². The van der Waals surface area contributed by atoms with E-state index in [2.05, 4.69) is 8.92 Å². The van der Waals surface area contributed by atoms with Crippen molar-refractivity contribution in [2.24, 2.45) is 0 Å². The van der Waals surface area contributed by atoms with Gasteiger partial charge in [-0.25, -0.2) is 8.98 Å². The molecule has 0 bridgehead atoms. The van der Waals surface area contributed by atoms with E-state index in [1.807, 2.05) is 0 Å². The Kier molecular flexibility index (Phi) is 5.35. The molecule has 2 unspecified atom stereocenters. The highest BCUT2D eigenvalue weighted by Gasteiger charge is 2.50. The first-order valence-corrected chi connectivity index (χ1v) is 7.13. The fourth-order valence-corrected chi connectivity index (χ4v) is 2.19. The molecule has 1 aromatic rings. The minimum absolute atomic E-state index is 0.435. The van der Waals surface area contributed by atoms with Crippen LogP contribution >= 0.6 is 0 Å². The molecule has 0 aliphatic heterocycles. The van der Waals surface area contributed by atoms with Crippen molar-refractivity contribution in [2.75, 3.05) is 7.11 Å². The van der Waals surface area contributed by atoms with Gasteiger partial charge in [-0.2, -0.15) is 21.6 Å². The van der Waals surface area contributed by atoms with Crippen molar-refractivity contribution < 1.29 is 35.3 Å². The summed E-state index contributed by atoms with van der Waals surface area (Å²) in [6.07, 6.45) is -1.93. The molecule has 0 amide bonds. The summed E-state index contributed by atoms with van der Waals surface area (Å²) in [5.74, 6) is -2.16. The van der Waals surface area contributed by atoms with Crippen molar-refractivity contribution in [3.8, 4) is 0 Å². The fraction of sp³-hybridized carbons (Fsp3) is 0.417. The zero-order valence-electron chi connectivity index (χ0n) is 11.1. The van der Waals surface area contributed by atoms with Gasteiger partial charge in [0.05, 0.1) is 7.11 Å². The van der Waals surface area contributed by atoms with E-state index in [-0.39, 0.29) is 0 Å². The van der Waals surface area contributed by atoms with Gasteiger partial charge >= 0.3 is 21.6 Å². The smallest absolute Gasteiger partial charge is 0.467 e. The van der Waals surface area contributed by atoms with E-state index in [1.54, 1.807) is 18.2 Å². The van der Waals surface area contributed by atoms with Gasteiger partial charge < -0.3 is 4.74 Å². The molecule has 0 heterocycles. The average Bonchev–Trinajstić information content (AvgIpc) is 2.43. The number of halogens is 3. The lowest BCUT2D eigenvalue weighted by atomic mass is 9.95. The van der Waals surface area contributed by atoms with Crippen molar-refractivity contribution in [3.63, 3.8) is 0 Å². The van der Waals surface area contributed by atoms with Gasteiger partial charge in [0.1, 0.15) is 0 Å². The predicted octanol–water partition coefficient (Wildman–Crippen LogP) is 2.20. The molecule has 2 atom stereocenters. The number of methoxy groups -OCH3 is 1. The Labute approximate surface area is 119 Å². The number of esters is 1. The molecule has 9 heteroatoms. The average molecular weight is 326 g/mol. The molecule has 0 saturated carbocycles. The molecule has 1 rings (SSSR count). The SMILES string of the molecule is COC(=O)C(OS(=O)(=O)C(F)(F)F)C(C)c1ccccc1. The van der Waals surface area contributed by atoms with Gasteiger partial charge in [0, 0.05) is 5.92 Å². The zero-order valence-corrected chi connectivity index (χ0v) is 11.9. The van der Waals surface area contributed by atoms with Crippen LogP contribution in [0.3, 0.4) is 0 Å². The fourth-order valence-electron chi connectivity index (χ4n) is 1.57. The Bertz CT molecular complexity index is 583. The molecule has 0 saturated heterocycles. The summed E-state index contributed by atoms with van der Waals surface area (Å²) < 4.78 is 67.6. The maximum absolute atomic E-state index is 12.4. The minimum Gasteiger partial charge on any atom is -0.467 e. The van der Waals surface area contributed by atoms with Crippen LogP contribution in [0.1, 0.15) is 18.4 Å². The minimum atomic E-state index is -5.91. The molecule has 5 nitrogen and oxygen atoms in total. The van der Waals surface area contributed by atoms with E-state index in [9.17, 15) is 26.4 Å². The molecule has 0 spiro atoms. The van der Waals surface area contributed by atoms with E-state index in [0.717, 1.165) is 7.11 Å². The number of carbonyl (C=O) groups excluding carboxylic acids is 1. The van der Waals surface area contributed by atoms with Gasteiger partial charge in [0.25, 0.3) is 0 Å². The number of rotatable bonds is 5. The molecule has 0 fully saturated rings. The normalized spacial score (nSPS) is 15.3. The van der Waals surface area contributed by atoms with Gasteiger partial charge in [-0.3, -0.25) is 0 Å². The van der Waals surface area contributed by atoms with Crippen molar-refractivity contribution in [2.45, 2.75) is 24.5 Å². The topological polar surface area (TPSA) is 69.7 Å². The van der Waals surface area contributed by atoms with Crippen LogP contribution in [-0.4, -0.2) is 33.1 Å². The van der Waals surface area contributed by atoms with Crippen LogP contribution in [0.5, 0.6) is 0 Å². The molecular formula is C12H13F3O5S. The molecule has 21 heavy (non-hydrogen) atoms. The van der Waals surface area contributed by atoms with Gasteiger partial charge in [0.2, 0.25) is 0 Å². The number of benzene rings is 1. The van der Waals surface area contributed by atoms with Gasteiger partial charge in [-0.1, -0.05) is 37.3 Å². The Balaban J connectivity index is 3.11. The first kappa shape index (κ1) is 17.4. The highest BCUT2D eigenvalue weighted by molar-refractivity contribution is 7.87. The van der Waals surface area contributed by atoms with Gasteiger partial charge in [0.15, 0.2) is 6.10 Å². The molecule has 0 radical (unpaired) electrons. The first-order chi connectivity index (χ1) is 9.60. The predicted molar refractivity (Wildman–Crippen MR) is 66.7 cm³/mol. The van der Waals surface area contributed by atoms with Gasteiger partial charge in [-0.05, 0) is 5.56 Å². The van der Waals surface area contributed by atoms with Crippen LogP contribution in [-0.2, 0) is 23.8 Å². The Morgan fingerprint density at radius 1 is 1.19 bits per heavy atom. The summed E-state index contributed by atoms with van der Waals surface area (Å²) >= 11 is 0. The van der Waals surface area contributed by atoms with E-state index in [0.29, 0.717) is 5.56 Å². The lowest BCUT2D eigenvalue weighted by molar-refractivity contribution is -0.150. The molecule has 0 aliphatic carbocycles. The summed E-state index contributed by atoms with van der Waals surface area (Å²) in [7, 11) is -4.98. The quantitative estimate of drug-likeness (QED) is 0.471. The largest absolute Gasteiger partial charge is 0.523 e. The molecule has 0 aromatic heterocycles. The van der Waals surface area contributed by atoms with E-state index >= 15 is 0 Å². The van der Waals surface area contributed by atoms with Crippen LogP contribution in [0.25, 0.3) is 0 Å². The maximum atomic E-state index is 12.4. The van der Waals surface area contributed by atoms with Crippen LogP contribution in [0.15, 0.2) is 30.3 Å². The third kappa shape index (κ3) is 4.18. The Morgan fingerprint density at radius 2 is 1.71 bits per heavy atom. The summed E-state index contributed by atoms with van der Waals surface area (Å²) in [5, 5.41) is 0. The maximum Gasteiger partial charge on any atom is 0.523 e. The van der Waals surface area contributed by atoms with E-state index in [4.69, 9.17) is 0 Å². The number of ether oxygens (including phenoxy) is 1. The lowest BCUT2D eigenvalue weighted by Gasteiger charge is -2.22. The van der Waals surface area contributed by atoms with Crippen molar-refractivity contribution in [1.29, 1.82) is 0 Å². The van der Waals surface area contributed by atoms with E-state index < -0.39 is 33.6 Å². The first-order valence-electron chi connectivity index (χ1n) is 5.72. The van der Waals surface area contributed by atoms with Gasteiger partial charge in [-0.15, -0.1) is 0 Å². The molecule has 118 valence electrons. The summed E-state index contributed by atoms with van der Waals surface area (Å²) in [5.41, 5.74) is -5.18. The Hall–Kier alpha value is -1.61. The second-order valence-corrected chi connectivity index (χ2v) is 5.70. The molecule has 1 aromatic carbocycles. The lowest BCUT2D eigenvalue weighted by Crippen LogP contribution is -2.37. The molecule has 0 N–H and O–H groups in total. The highest BCUT2D eigenvalue weighted by Crippen LogP contribution is 2.30. The summed E-state index contributed by atoms with van der Waals surface area (Å²) in [6.45, 7) is 1.36. The number of alkyl halides is 3. The molecule has 0 aliphatic rings. The Morgan fingerprint density at radius 3 is 2.14 bits per heavy atom. The van der Waals surface area contributed by atoms with Crippen LogP contribution in [0.2, 0.25) is 0 Å². The summed E-state index contributed by atoms with van der Waals surface area (Å²) in [4.78, 5) is 11.6. The second kappa shape index (κ2) is 6.44. The number of carbonyl (C=O) groups is 1. The van der Waals surface area contributed by atoms with Crippen molar-refractivity contribution >= 4 is 16.1 Å². The van der Waals surface area contributed by atoms with Crippen LogP contribution in [0, 0.1) is 0 Å². The second-order valence-electron chi connectivity index (χ2n) is 4.14. The number of hydrogen-bond donors (Lipinski definition) is 0. The third-order valence-electron chi connectivity index (χ3n) is 2.73. The standard InChI is InChI=1S/C12H13F3O5S/c1-8(9-6-4-3-5-7-9)10(11(16)19-2)20-21(17,18)12(13,14)15/h3-8,10H,1-2H3. The zero-order chi connectivity index (χ0) is 16.3. The monoisotopic (exact) mass is 326 g/mol.